The van der Waals surface area contributed by atoms with Crippen molar-refractivity contribution in [1.29, 1.82) is 0 Å². The lowest BCUT2D eigenvalue weighted by atomic mass is 10.2. The number of thiocarbonyl (C=S) groups is 1. The lowest BCUT2D eigenvalue weighted by molar-refractivity contribution is 0.146. The van der Waals surface area contributed by atoms with Crippen molar-refractivity contribution < 1.29 is 4.74 Å². The molecule has 0 aliphatic carbocycles. The van der Waals surface area contributed by atoms with Gasteiger partial charge in [-0.05, 0) is 66.1 Å². The Morgan fingerprint density at radius 1 is 1.44 bits per heavy atom. The van der Waals surface area contributed by atoms with Crippen LogP contribution in [0.1, 0.15) is 18.9 Å². The zero-order chi connectivity index (χ0) is 13.4. The van der Waals surface area contributed by atoms with Crippen molar-refractivity contribution in [3.05, 3.63) is 28.2 Å². The van der Waals surface area contributed by atoms with Crippen LogP contribution >= 0.6 is 28.1 Å². The first-order valence-corrected chi connectivity index (χ1v) is 7.22. The molecule has 3 nitrogen and oxygen atoms in total. The molecule has 0 heterocycles. The molecule has 0 unspecified atom stereocenters. The number of aryl methyl sites for hydroxylation is 1. The maximum atomic E-state index is 5.26. The molecule has 1 rings (SSSR count). The maximum Gasteiger partial charge on any atom is 0.170 e. The normalized spacial score (nSPS) is 10.2. The largest absolute Gasteiger partial charge is 0.382 e. The average Bonchev–Trinajstić information content (AvgIpc) is 2.33. The van der Waals surface area contributed by atoms with Crippen molar-refractivity contribution in [2.24, 2.45) is 0 Å². The van der Waals surface area contributed by atoms with Gasteiger partial charge < -0.3 is 15.4 Å². The second-order valence-electron chi connectivity index (χ2n) is 3.91. The number of rotatable bonds is 6. The van der Waals surface area contributed by atoms with Crippen molar-refractivity contribution >= 4 is 38.9 Å². The Labute approximate surface area is 122 Å². The fourth-order valence-corrected chi connectivity index (χ4v) is 1.98. The summed E-state index contributed by atoms with van der Waals surface area (Å²) < 4.78 is 6.26. The summed E-state index contributed by atoms with van der Waals surface area (Å²) >= 11 is 8.72. The van der Waals surface area contributed by atoms with Gasteiger partial charge in [0, 0.05) is 24.2 Å². The monoisotopic (exact) mass is 330 g/mol. The Kier molecular flexibility index (Phi) is 7.23. The summed E-state index contributed by atoms with van der Waals surface area (Å²) in [4.78, 5) is 0. The number of nitrogens with one attached hydrogen (secondary N) is 2. The summed E-state index contributed by atoms with van der Waals surface area (Å²) in [7, 11) is 0. The molecule has 0 spiro atoms. The molecule has 5 heteroatoms. The molecule has 0 aliphatic heterocycles. The quantitative estimate of drug-likeness (QED) is 0.618. The van der Waals surface area contributed by atoms with Crippen LogP contribution in [0.3, 0.4) is 0 Å². The van der Waals surface area contributed by atoms with Gasteiger partial charge in [-0.2, -0.15) is 0 Å². The number of ether oxygens (including phenoxy) is 1. The van der Waals surface area contributed by atoms with Gasteiger partial charge in [0.15, 0.2) is 5.11 Å². The van der Waals surface area contributed by atoms with Crippen LogP contribution in [-0.4, -0.2) is 24.9 Å². The Balaban J connectivity index is 2.33. The molecule has 0 amide bonds. The number of benzene rings is 1. The number of hydrogen-bond acceptors (Lipinski definition) is 2. The molecular formula is C13H19BrN2OS. The van der Waals surface area contributed by atoms with E-state index in [4.69, 9.17) is 17.0 Å². The second kappa shape index (κ2) is 8.45. The molecule has 0 saturated carbocycles. The predicted octanol–water partition coefficient (Wildman–Crippen LogP) is 3.47. The van der Waals surface area contributed by atoms with Crippen LogP contribution < -0.4 is 10.6 Å². The summed E-state index contributed by atoms with van der Waals surface area (Å²) in [5.74, 6) is 0. The fourth-order valence-electron chi connectivity index (χ4n) is 1.42. The van der Waals surface area contributed by atoms with Gasteiger partial charge in [0.2, 0.25) is 0 Å². The third-order valence-electron chi connectivity index (χ3n) is 2.33. The van der Waals surface area contributed by atoms with E-state index in [0.717, 1.165) is 36.3 Å². The molecule has 1 aromatic rings. The van der Waals surface area contributed by atoms with Gasteiger partial charge in [0.1, 0.15) is 0 Å². The summed E-state index contributed by atoms with van der Waals surface area (Å²) in [6.07, 6.45) is 0.949. The highest BCUT2D eigenvalue weighted by molar-refractivity contribution is 9.10. The van der Waals surface area contributed by atoms with E-state index in [1.165, 1.54) is 5.56 Å². The van der Waals surface area contributed by atoms with Crippen molar-refractivity contribution in [2.75, 3.05) is 25.1 Å². The molecule has 0 saturated heterocycles. The third kappa shape index (κ3) is 5.80. The summed E-state index contributed by atoms with van der Waals surface area (Å²) in [6.45, 7) is 6.39. The van der Waals surface area contributed by atoms with E-state index in [2.05, 4.69) is 39.6 Å². The van der Waals surface area contributed by atoms with Gasteiger partial charge in [0.25, 0.3) is 0 Å². The van der Waals surface area contributed by atoms with Crippen LogP contribution in [0.2, 0.25) is 0 Å². The summed E-state index contributed by atoms with van der Waals surface area (Å²) in [6, 6.07) is 6.11. The Bertz CT molecular complexity index is 399. The molecule has 2 N–H and O–H groups in total. The van der Waals surface area contributed by atoms with Crippen molar-refractivity contribution in [2.45, 2.75) is 20.3 Å². The third-order valence-corrected chi connectivity index (χ3v) is 3.26. The van der Waals surface area contributed by atoms with E-state index >= 15 is 0 Å². The molecular weight excluding hydrogens is 312 g/mol. The molecule has 0 bridgehead atoms. The Morgan fingerprint density at radius 3 is 2.94 bits per heavy atom. The zero-order valence-corrected chi connectivity index (χ0v) is 13.2. The molecule has 100 valence electrons. The first-order valence-electron chi connectivity index (χ1n) is 6.02. The number of halogens is 1. The molecule has 18 heavy (non-hydrogen) atoms. The van der Waals surface area contributed by atoms with Gasteiger partial charge in [-0.1, -0.05) is 6.07 Å². The van der Waals surface area contributed by atoms with Gasteiger partial charge in [-0.25, -0.2) is 0 Å². The Morgan fingerprint density at radius 2 is 2.22 bits per heavy atom. The van der Waals surface area contributed by atoms with E-state index in [9.17, 15) is 0 Å². The fraction of sp³-hybridized carbons (Fsp3) is 0.462. The highest BCUT2D eigenvalue weighted by atomic mass is 79.9. The van der Waals surface area contributed by atoms with Gasteiger partial charge in [0.05, 0.1) is 5.69 Å². The zero-order valence-electron chi connectivity index (χ0n) is 10.8. The van der Waals surface area contributed by atoms with Crippen LogP contribution in [0.5, 0.6) is 0 Å². The van der Waals surface area contributed by atoms with Crippen LogP contribution in [0.15, 0.2) is 22.7 Å². The summed E-state index contributed by atoms with van der Waals surface area (Å²) in [5, 5.41) is 6.97. The number of anilines is 1. The van der Waals surface area contributed by atoms with E-state index in [1.807, 2.05) is 19.1 Å². The minimum absolute atomic E-state index is 0.637. The molecule has 0 radical (unpaired) electrons. The predicted molar refractivity (Wildman–Crippen MR) is 84.2 cm³/mol. The smallest absolute Gasteiger partial charge is 0.170 e. The highest BCUT2D eigenvalue weighted by Crippen LogP contribution is 2.23. The van der Waals surface area contributed by atoms with E-state index < -0.39 is 0 Å². The first-order chi connectivity index (χ1) is 8.63. The topological polar surface area (TPSA) is 33.3 Å². The van der Waals surface area contributed by atoms with Crippen LogP contribution in [0.25, 0.3) is 0 Å². The van der Waals surface area contributed by atoms with Crippen LogP contribution in [-0.2, 0) is 4.74 Å². The van der Waals surface area contributed by atoms with Crippen LogP contribution in [0, 0.1) is 6.92 Å². The summed E-state index contributed by atoms with van der Waals surface area (Å²) in [5.41, 5.74) is 2.18. The standard InChI is InChI=1S/C13H19BrN2OS/c1-3-17-8-4-7-15-13(18)16-12-9-10(2)5-6-11(12)14/h5-6,9H,3-4,7-8H2,1-2H3,(H2,15,16,18). The minimum atomic E-state index is 0.637. The molecule has 0 aromatic heterocycles. The lowest BCUT2D eigenvalue weighted by Crippen LogP contribution is -2.30. The van der Waals surface area contributed by atoms with Crippen LogP contribution in [0.4, 0.5) is 5.69 Å². The van der Waals surface area contributed by atoms with E-state index in [0.29, 0.717) is 5.11 Å². The maximum absolute atomic E-state index is 5.26. The van der Waals surface area contributed by atoms with Crippen molar-refractivity contribution in [3.63, 3.8) is 0 Å². The first kappa shape index (κ1) is 15.4. The molecule has 0 aliphatic rings. The number of hydrogen-bond donors (Lipinski definition) is 2. The van der Waals surface area contributed by atoms with Gasteiger partial charge >= 0.3 is 0 Å². The highest BCUT2D eigenvalue weighted by Gasteiger charge is 2.02. The average molecular weight is 331 g/mol. The molecule has 0 atom stereocenters. The Hall–Kier alpha value is -0.650. The van der Waals surface area contributed by atoms with E-state index in [-0.39, 0.29) is 0 Å². The minimum Gasteiger partial charge on any atom is -0.382 e. The van der Waals surface area contributed by atoms with Gasteiger partial charge in [-0.15, -0.1) is 0 Å². The van der Waals surface area contributed by atoms with E-state index in [1.54, 1.807) is 0 Å². The lowest BCUT2D eigenvalue weighted by Gasteiger charge is -2.12. The second-order valence-corrected chi connectivity index (χ2v) is 5.18. The SMILES string of the molecule is CCOCCCNC(=S)Nc1cc(C)ccc1Br. The van der Waals surface area contributed by atoms with Crippen molar-refractivity contribution in [3.8, 4) is 0 Å². The molecule has 0 fully saturated rings. The molecule has 1 aromatic carbocycles. The van der Waals surface area contributed by atoms with Gasteiger partial charge in [-0.3, -0.25) is 0 Å². The van der Waals surface area contributed by atoms with Crippen molar-refractivity contribution in [1.82, 2.24) is 5.32 Å².